The van der Waals surface area contributed by atoms with Gasteiger partial charge in [0.25, 0.3) is 0 Å². The molecule has 2 aromatic carbocycles. The van der Waals surface area contributed by atoms with Crippen molar-refractivity contribution >= 4 is 11.7 Å². The van der Waals surface area contributed by atoms with Crippen LogP contribution in [0.2, 0.25) is 0 Å². The molecule has 0 amide bonds. The molecule has 8 heteroatoms. The molecule has 0 saturated carbocycles. The van der Waals surface area contributed by atoms with Gasteiger partial charge in [-0.05, 0) is 36.4 Å². The fourth-order valence-corrected chi connectivity index (χ4v) is 1.68. The highest BCUT2D eigenvalue weighted by Crippen LogP contribution is 2.31. The number of carbonyl (C=O) groups excluding carboxylic acids is 1. The van der Waals surface area contributed by atoms with Gasteiger partial charge in [-0.3, -0.25) is 10.1 Å². The summed E-state index contributed by atoms with van der Waals surface area (Å²) in [6.07, 6.45) is 0. The van der Waals surface area contributed by atoms with Crippen molar-refractivity contribution in [3.63, 3.8) is 0 Å². The summed E-state index contributed by atoms with van der Waals surface area (Å²) in [6.45, 7) is -0.477. The Morgan fingerprint density at radius 2 is 1.83 bits per heavy atom. The fraction of sp³-hybridized carbons (Fsp3) is 0.133. The summed E-state index contributed by atoms with van der Waals surface area (Å²) in [7, 11) is 1.36. The van der Waals surface area contributed by atoms with Crippen LogP contribution in [0.4, 0.5) is 10.1 Å². The van der Waals surface area contributed by atoms with Gasteiger partial charge in [0.2, 0.25) is 5.75 Å². The van der Waals surface area contributed by atoms with Crippen LogP contribution in [-0.2, 0) is 4.79 Å². The zero-order valence-corrected chi connectivity index (χ0v) is 12.0. The predicted molar refractivity (Wildman–Crippen MR) is 77.2 cm³/mol. The number of nitro benzene ring substituents is 1. The first-order valence-corrected chi connectivity index (χ1v) is 6.41. The standard InChI is InChI=1S/C15H12FNO6/c1-21-12-6-7-14(13(8-12)17(19)20)23-15(18)9-22-11-4-2-10(16)3-5-11/h2-8H,9H2,1H3. The Hall–Kier alpha value is -3.16. The van der Waals surface area contributed by atoms with E-state index in [1.807, 2.05) is 0 Å². The lowest BCUT2D eigenvalue weighted by Crippen LogP contribution is -2.18. The maximum Gasteiger partial charge on any atom is 0.349 e. The van der Waals surface area contributed by atoms with Gasteiger partial charge in [0, 0.05) is 0 Å². The van der Waals surface area contributed by atoms with E-state index < -0.39 is 29.0 Å². The Kier molecular flexibility index (Phi) is 5.08. The number of hydrogen-bond donors (Lipinski definition) is 0. The van der Waals surface area contributed by atoms with Crippen LogP contribution >= 0.6 is 0 Å². The molecular weight excluding hydrogens is 309 g/mol. The molecule has 0 N–H and O–H groups in total. The van der Waals surface area contributed by atoms with E-state index in [0.717, 1.165) is 6.07 Å². The number of halogens is 1. The van der Waals surface area contributed by atoms with Crippen LogP contribution in [0.5, 0.6) is 17.2 Å². The van der Waals surface area contributed by atoms with Gasteiger partial charge in [-0.25, -0.2) is 9.18 Å². The summed E-state index contributed by atoms with van der Waals surface area (Å²) in [5.41, 5.74) is -0.403. The molecule has 0 aliphatic heterocycles. The third-order valence-corrected chi connectivity index (χ3v) is 2.76. The molecule has 2 aromatic rings. The van der Waals surface area contributed by atoms with E-state index in [1.54, 1.807) is 0 Å². The third kappa shape index (κ3) is 4.40. The van der Waals surface area contributed by atoms with Crippen LogP contribution in [0.25, 0.3) is 0 Å². The molecule has 0 atom stereocenters. The Balaban J connectivity index is 2.02. The highest BCUT2D eigenvalue weighted by Gasteiger charge is 2.19. The van der Waals surface area contributed by atoms with Crippen molar-refractivity contribution in [3.8, 4) is 17.2 Å². The molecule has 0 aromatic heterocycles. The van der Waals surface area contributed by atoms with Crippen molar-refractivity contribution in [1.29, 1.82) is 0 Å². The first-order chi connectivity index (χ1) is 11.0. The van der Waals surface area contributed by atoms with Crippen molar-refractivity contribution < 1.29 is 28.3 Å². The Labute approximate surface area is 130 Å². The minimum Gasteiger partial charge on any atom is -0.496 e. The predicted octanol–water partition coefficient (Wildman–Crippen LogP) is 2.73. The normalized spacial score (nSPS) is 10.0. The molecule has 0 fully saturated rings. The molecular formula is C15H12FNO6. The number of nitrogens with zero attached hydrogens (tertiary/aromatic N) is 1. The van der Waals surface area contributed by atoms with E-state index >= 15 is 0 Å². The highest BCUT2D eigenvalue weighted by atomic mass is 19.1. The largest absolute Gasteiger partial charge is 0.496 e. The number of nitro groups is 1. The van der Waals surface area contributed by atoms with Crippen LogP contribution in [0.15, 0.2) is 42.5 Å². The lowest BCUT2D eigenvalue weighted by Gasteiger charge is -2.08. The molecule has 0 saturated heterocycles. The van der Waals surface area contributed by atoms with Crippen molar-refractivity contribution in [2.75, 3.05) is 13.7 Å². The second-order valence-corrected chi connectivity index (χ2v) is 4.31. The zero-order chi connectivity index (χ0) is 16.8. The molecule has 120 valence electrons. The average molecular weight is 321 g/mol. The minimum atomic E-state index is -0.831. The number of esters is 1. The molecule has 0 aliphatic carbocycles. The number of benzene rings is 2. The number of ether oxygens (including phenoxy) is 3. The summed E-state index contributed by atoms with van der Waals surface area (Å²) in [5.74, 6) is -0.952. The average Bonchev–Trinajstić information content (AvgIpc) is 2.54. The van der Waals surface area contributed by atoms with Crippen LogP contribution < -0.4 is 14.2 Å². The summed E-state index contributed by atoms with van der Waals surface area (Å²) in [4.78, 5) is 22.0. The first-order valence-electron chi connectivity index (χ1n) is 6.41. The van der Waals surface area contributed by atoms with Gasteiger partial charge in [0.15, 0.2) is 6.61 Å². The summed E-state index contributed by atoms with van der Waals surface area (Å²) in [6, 6.07) is 8.87. The minimum absolute atomic E-state index is 0.219. The quantitative estimate of drug-likeness (QED) is 0.352. The molecule has 0 bridgehead atoms. The van der Waals surface area contributed by atoms with Gasteiger partial charge < -0.3 is 14.2 Å². The second kappa shape index (κ2) is 7.21. The Morgan fingerprint density at radius 3 is 2.43 bits per heavy atom. The van der Waals surface area contributed by atoms with E-state index in [-0.39, 0.29) is 17.2 Å². The monoisotopic (exact) mass is 321 g/mol. The Morgan fingerprint density at radius 1 is 1.17 bits per heavy atom. The fourth-order valence-electron chi connectivity index (χ4n) is 1.68. The highest BCUT2D eigenvalue weighted by molar-refractivity contribution is 5.75. The maximum atomic E-state index is 12.7. The SMILES string of the molecule is COc1ccc(OC(=O)COc2ccc(F)cc2)c([N+](=O)[O-])c1. The topological polar surface area (TPSA) is 87.9 Å². The lowest BCUT2D eigenvalue weighted by atomic mass is 10.3. The van der Waals surface area contributed by atoms with Crippen molar-refractivity contribution in [2.24, 2.45) is 0 Å². The van der Waals surface area contributed by atoms with Crippen molar-refractivity contribution in [3.05, 3.63) is 58.4 Å². The number of carbonyl (C=O) groups is 1. The Bertz CT molecular complexity index is 716. The van der Waals surface area contributed by atoms with Crippen LogP contribution in [0, 0.1) is 15.9 Å². The summed E-state index contributed by atoms with van der Waals surface area (Å²) >= 11 is 0. The van der Waals surface area contributed by atoms with E-state index in [1.165, 1.54) is 43.5 Å². The number of hydrogen-bond acceptors (Lipinski definition) is 6. The van der Waals surface area contributed by atoms with Crippen molar-refractivity contribution in [1.82, 2.24) is 0 Å². The number of methoxy groups -OCH3 is 1. The van der Waals surface area contributed by atoms with E-state index in [0.29, 0.717) is 0 Å². The van der Waals surface area contributed by atoms with Crippen LogP contribution in [0.1, 0.15) is 0 Å². The smallest absolute Gasteiger partial charge is 0.349 e. The van der Waals surface area contributed by atoms with Gasteiger partial charge in [-0.2, -0.15) is 0 Å². The van der Waals surface area contributed by atoms with Crippen molar-refractivity contribution in [2.45, 2.75) is 0 Å². The first kappa shape index (κ1) is 16.2. The molecule has 2 rings (SSSR count). The van der Waals surface area contributed by atoms with Crippen LogP contribution in [0.3, 0.4) is 0 Å². The molecule has 7 nitrogen and oxygen atoms in total. The molecule has 0 heterocycles. The van der Waals surface area contributed by atoms with Gasteiger partial charge >= 0.3 is 11.7 Å². The number of rotatable bonds is 6. The molecule has 0 unspecified atom stereocenters. The van der Waals surface area contributed by atoms with Crippen LogP contribution in [-0.4, -0.2) is 24.6 Å². The van der Waals surface area contributed by atoms with Gasteiger partial charge in [0.1, 0.15) is 17.3 Å². The summed E-state index contributed by atoms with van der Waals surface area (Å²) in [5, 5.41) is 11.0. The molecule has 23 heavy (non-hydrogen) atoms. The summed E-state index contributed by atoms with van der Waals surface area (Å²) < 4.78 is 27.6. The van der Waals surface area contributed by atoms with Gasteiger partial charge in [-0.1, -0.05) is 0 Å². The lowest BCUT2D eigenvalue weighted by molar-refractivity contribution is -0.385. The second-order valence-electron chi connectivity index (χ2n) is 4.31. The van der Waals surface area contributed by atoms with E-state index in [9.17, 15) is 19.3 Å². The third-order valence-electron chi connectivity index (χ3n) is 2.76. The molecule has 0 aliphatic rings. The maximum absolute atomic E-state index is 12.7. The van der Waals surface area contributed by atoms with E-state index in [4.69, 9.17) is 14.2 Å². The van der Waals surface area contributed by atoms with Gasteiger partial charge in [-0.15, -0.1) is 0 Å². The molecule has 0 spiro atoms. The molecule has 0 radical (unpaired) electrons. The zero-order valence-electron chi connectivity index (χ0n) is 12.0. The van der Waals surface area contributed by atoms with E-state index in [2.05, 4.69) is 0 Å². The van der Waals surface area contributed by atoms with Gasteiger partial charge in [0.05, 0.1) is 18.1 Å².